The normalized spacial score (nSPS) is 17.0. The van der Waals surface area contributed by atoms with E-state index in [-0.39, 0.29) is 6.10 Å². The van der Waals surface area contributed by atoms with Crippen molar-refractivity contribution in [2.75, 3.05) is 4.90 Å². The third kappa shape index (κ3) is 6.33. The summed E-state index contributed by atoms with van der Waals surface area (Å²) in [5.41, 5.74) is 13.3. The van der Waals surface area contributed by atoms with E-state index < -0.39 is 0 Å². The van der Waals surface area contributed by atoms with Gasteiger partial charge in [-0.3, -0.25) is 0 Å². The van der Waals surface area contributed by atoms with Crippen LogP contribution >= 0.6 is 0 Å². The van der Waals surface area contributed by atoms with Crippen LogP contribution in [0.25, 0.3) is 56.2 Å². The first-order valence-electron chi connectivity index (χ1n) is 19.6. The fourth-order valence-corrected chi connectivity index (χ4v) is 7.92. The zero-order valence-electron chi connectivity index (χ0n) is 31.4. The lowest BCUT2D eigenvalue weighted by Gasteiger charge is -2.26. The second-order valence-electron chi connectivity index (χ2n) is 14.7. The number of nitrogens with zero attached hydrogens (tertiary/aromatic N) is 4. The van der Waals surface area contributed by atoms with Crippen LogP contribution in [0.2, 0.25) is 0 Å². The zero-order valence-corrected chi connectivity index (χ0v) is 31.4. The summed E-state index contributed by atoms with van der Waals surface area (Å²) < 4.78 is 18.7. The summed E-state index contributed by atoms with van der Waals surface area (Å²) >= 11 is 0. The summed E-state index contributed by atoms with van der Waals surface area (Å²) in [4.78, 5) is 16.8. The molecule has 2 aliphatic carbocycles. The number of allylic oxidation sites excluding steroid dienone is 6. The lowest BCUT2D eigenvalue weighted by molar-refractivity contribution is 0.247. The molecule has 278 valence electrons. The molecule has 3 heterocycles. The lowest BCUT2D eigenvalue weighted by atomic mass is 9.92. The van der Waals surface area contributed by atoms with Crippen LogP contribution in [0.4, 0.5) is 17.1 Å². The van der Waals surface area contributed by atoms with Crippen molar-refractivity contribution >= 4 is 45.2 Å². The molecule has 8 aromatic rings. The van der Waals surface area contributed by atoms with Crippen LogP contribution in [0.15, 0.2) is 202 Å². The van der Waals surface area contributed by atoms with E-state index >= 15 is 0 Å². The fraction of sp³-hybridized carbons (Fsp3) is 0.0784. The van der Waals surface area contributed by atoms with E-state index in [4.69, 9.17) is 28.5 Å². The van der Waals surface area contributed by atoms with Gasteiger partial charge in [0.15, 0.2) is 11.2 Å². The smallest absolute Gasteiger partial charge is 0.227 e. The van der Waals surface area contributed by atoms with Crippen LogP contribution in [-0.4, -0.2) is 22.0 Å². The van der Waals surface area contributed by atoms with E-state index in [0.717, 1.165) is 85.6 Å². The molecule has 0 fully saturated rings. The Bertz CT molecular complexity index is 2970. The van der Waals surface area contributed by atoms with Gasteiger partial charge in [-0.1, -0.05) is 78.9 Å². The topological polar surface area (TPSA) is 76.9 Å². The molecular weight excluding hydrogens is 717 g/mol. The third-order valence-corrected chi connectivity index (χ3v) is 11.0. The van der Waals surface area contributed by atoms with E-state index in [0.29, 0.717) is 23.6 Å². The summed E-state index contributed by atoms with van der Waals surface area (Å²) in [7, 11) is 0. The number of ether oxygens (including phenoxy) is 1. The van der Waals surface area contributed by atoms with Crippen molar-refractivity contribution in [3.05, 3.63) is 199 Å². The largest absolute Gasteiger partial charge is 0.467 e. The summed E-state index contributed by atoms with van der Waals surface area (Å²) in [6.07, 6.45) is 16.6. The van der Waals surface area contributed by atoms with Gasteiger partial charge in [0, 0.05) is 46.1 Å². The third-order valence-electron chi connectivity index (χ3n) is 11.0. The summed E-state index contributed by atoms with van der Waals surface area (Å²) in [6, 6.07) is 47.8. The summed E-state index contributed by atoms with van der Waals surface area (Å²) in [5, 5.41) is 0. The van der Waals surface area contributed by atoms with Crippen molar-refractivity contribution in [2.24, 2.45) is 4.99 Å². The highest BCUT2D eigenvalue weighted by Gasteiger charge is 2.27. The Balaban J connectivity index is 0.914. The Kier molecular flexibility index (Phi) is 8.28. The summed E-state index contributed by atoms with van der Waals surface area (Å²) in [5.74, 6) is 2.17. The Morgan fingerprint density at radius 1 is 0.517 bits per heavy atom. The number of oxazole rings is 2. The van der Waals surface area contributed by atoms with E-state index in [1.807, 2.05) is 42.5 Å². The van der Waals surface area contributed by atoms with Gasteiger partial charge in [-0.15, -0.1) is 0 Å². The number of anilines is 3. The van der Waals surface area contributed by atoms with E-state index in [1.54, 1.807) is 0 Å². The molecule has 0 radical (unpaired) electrons. The van der Waals surface area contributed by atoms with Gasteiger partial charge < -0.3 is 18.5 Å². The zero-order chi connectivity index (χ0) is 38.4. The Hall–Kier alpha value is -7.51. The molecule has 0 spiro atoms. The Morgan fingerprint density at radius 3 is 1.76 bits per heavy atom. The van der Waals surface area contributed by atoms with Crippen LogP contribution in [0.1, 0.15) is 29.9 Å². The molecule has 3 aliphatic rings. The predicted molar refractivity (Wildman–Crippen MR) is 231 cm³/mol. The van der Waals surface area contributed by atoms with Gasteiger partial charge in [0.05, 0.1) is 5.70 Å². The van der Waals surface area contributed by atoms with Gasteiger partial charge >= 0.3 is 0 Å². The number of hydrogen-bond donors (Lipinski definition) is 0. The number of aromatic nitrogens is 2. The molecule has 0 N–H and O–H groups in total. The maximum atomic E-state index is 6.27. The molecule has 11 rings (SSSR count). The highest BCUT2D eigenvalue weighted by molar-refractivity contribution is 5.97. The monoisotopic (exact) mass is 752 g/mol. The first-order chi connectivity index (χ1) is 28.7. The second kappa shape index (κ2) is 14.2. The van der Waals surface area contributed by atoms with Crippen molar-refractivity contribution in [3.63, 3.8) is 0 Å². The number of rotatable bonds is 8. The molecule has 6 aromatic carbocycles. The molecule has 7 heteroatoms. The molecule has 2 atom stereocenters. The van der Waals surface area contributed by atoms with E-state index in [2.05, 4.69) is 144 Å². The average molecular weight is 753 g/mol. The molecule has 2 unspecified atom stereocenters. The van der Waals surface area contributed by atoms with Crippen molar-refractivity contribution in [1.29, 1.82) is 0 Å². The molecule has 1 aliphatic heterocycles. The van der Waals surface area contributed by atoms with Crippen molar-refractivity contribution in [3.8, 4) is 34.0 Å². The van der Waals surface area contributed by atoms with Crippen molar-refractivity contribution in [1.82, 2.24) is 9.97 Å². The first kappa shape index (κ1) is 33.8. The van der Waals surface area contributed by atoms with Gasteiger partial charge in [-0.2, -0.15) is 0 Å². The van der Waals surface area contributed by atoms with Gasteiger partial charge in [0.2, 0.25) is 17.7 Å². The van der Waals surface area contributed by atoms with Gasteiger partial charge in [0.25, 0.3) is 0 Å². The Morgan fingerprint density at radius 2 is 1.12 bits per heavy atom. The summed E-state index contributed by atoms with van der Waals surface area (Å²) in [6.45, 7) is 0. The van der Waals surface area contributed by atoms with Crippen molar-refractivity contribution < 1.29 is 13.6 Å². The predicted octanol–water partition coefficient (Wildman–Crippen LogP) is 13.0. The molecule has 7 nitrogen and oxygen atoms in total. The minimum Gasteiger partial charge on any atom is -0.467 e. The highest BCUT2D eigenvalue weighted by atomic mass is 16.5. The standard InChI is InChI=1S/C51H36N4O3/c1-3-9-33(10-4-1)38-21-29-47-44(31-38)53-50(57-47)36-17-25-41(26-18-36)55(40-23-15-35(16-24-40)49-52-43-13-7-8-14-46(43)56-49)42-27-19-37(20-28-42)51-54-45-32-39(22-30-48(45)58-51)34-11-5-2-6-12-34/h1-11,13,15-32,34,46H,12,14H2. The molecule has 0 saturated heterocycles. The van der Waals surface area contributed by atoms with Gasteiger partial charge in [-0.25, -0.2) is 15.0 Å². The second-order valence-corrected chi connectivity index (χ2v) is 14.7. The lowest BCUT2D eigenvalue weighted by Crippen LogP contribution is -2.13. The SMILES string of the molecule is C1=CCC2OC(c3ccc(N(c4ccc(-c5nc6cc(-c7ccccc7)ccc6o5)cc4)c4ccc(-c5nc6cc(C7C=CC=CC7)ccc6o5)cc4)cc3)=NC2=C1. The first-order valence-corrected chi connectivity index (χ1v) is 19.6. The molecule has 0 amide bonds. The maximum absolute atomic E-state index is 6.27. The Labute approximate surface area is 335 Å². The highest BCUT2D eigenvalue weighted by Crippen LogP contribution is 2.39. The quantitative estimate of drug-likeness (QED) is 0.154. The minimum absolute atomic E-state index is 0.0184. The molecule has 0 saturated carbocycles. The minimum atomic E-state index is -0.0184. The average Bonchev–Trinajstić information content (AvgIpc) is 4.05. The molecular formula is C51H36N4O3. The van der Waals surface area contributed by atoms with E-state index in [1.165, 1.54) is 5.56 Å². The maximum Gasteiger partial charge on any atom is 0.227 e. The van der Waals surface area contributed by atoms with Crippen LogP contribution < -0.4 is 4.90 Å². The van der Waals surface area contributed by atoms with Gasteiger partial charge in [0.1, 0.15) is 17.1 Å². The van der Waals surface area contributed by atoms with Crippen LogP contribution in [0.5, 0.6) is 0 Å². The van der Waals surface area contributed by atoms with E-state index in [9.17, 15) is 0 Å². The number of aliphatic imine (C=N–C) groups is 1. The number of benzene rings is 6. The van der Waals surface area contributed by atoms with Gasteiger partial charge in [-0.05, 0) is 126 Å². The van der Waals surface area contributed by atoms with Crippen LogP contribution in [0, 0.1) is 0 Å². The van der Waals surface area contributed by atoms with Crippen LogP contribution in [0.3, 0.4) is 0 Å². The van der Waals surface area contributed by atoms with Crippen molar-refractivity contribution in [2.45, 2.75) is 24.9 Å². The fourth-order valence-electron chi connectivity index (χ4n) is 7.92. The number of fused-ring (bicyclic) bond motifs is 3. The molecule has 0 bridgehead atoms. The molecule has 2 aromatic heterocycles. The van der Waals surface area contributed by atoms with Crippen LogP contribution in [-0.2, 0) is 4.74 Å². The molecule has 58 heavy (non-hydrogen) atoms. The number of hydrogen-bond acceptors (Lipinski definition) is 7.